The maximum absolute atomic E-state index is 10.8. The Balaban J connectivity index is 0. The van der Waals surface area contributed by atoms with Crippen LogP contribution in [0.15, 0.2) is 12.1 Å². The van der Waals surface area contributed by atoms with Gasteiger partial charge in [-0.1, -0.05) is 13.8 Å². The topological polar surface area (TPSA) is 96.7 Å². The van der Waals surface area contributed by atoms with Gasteiger partial charge in [-0.3, -0.25) is 0 Å². The van der Waals surface area contributed by atoms with Crippen LogP contribution in [0.4, 0.5) is 0 Å². The summed E-state index contributed by atoms with van der Waals surface area (Å²) in [5.74, 6) is -1.91. The lowest BCUT2D eigenvalue weighted by Crippen LogP contribution is -2.09. The highest BCUT2D eigenvalue weighted by Crippen LogP contribution is 2.15. The summed E-state index contributed by atoms with van der Waals surface area (Å²) in [5.41, 5.74) is -0.677. The van der Waals surface area contributed by atoms with Crippen molar-refractivity contribution in [1.29, 1.82) is 0 Å². The lowest BCUT2D eigenvalue weighted by Gasteiger charge is -2.09. The van der Waals surface area contributed by atoms with Gasteiger partial charge in [0, 0.05) is 12.1 Å². The second kappa shape index (κ2) is 9.39. The molecule has 0 atom stereocenters. The van der Waals surface area contributed by atoms with Crippen LogP contribution in [0.5, 0.6) is 5.75 Å². The van der Waals surface area contributed by atoms with E-state index in [1.54, 1.807) is 0 Å². The average Bonchev–Trinajstić information content (AvgIpc) is 2.28. The molecular weight excluding hydrogens is 309 g/mol. The van der Waals surface area contributed by atoms with Gasteiger partial charge in [-0.2, -0.15) is 0 Å². The lowest BCUT2D eigenvalue weighted by atomic mass is 10.1. The Labute approximate surface area is 129 Å². The van der Waals surface area contributed by atoms with Crippen LogP contribution in [0.2, 0.25) is 0 Å². The quantitative estimate of drug-likeness (QED) is 0.834. The summed E-state index contributed by atoms with van der Waals surface area (Å²) in [7, 11) is 0. The van der Waals surface area contributed by atoms with Gasteiger partial charge >= 0.3 is 11.9 Å². The Morgan fingerprint density at radius 1 is 1.15 bits per heavy atom. The predicted octanol–water partition coefficient (Wildman–Crippen LogP) is 2.75. The fraction of sp³-hybridized carbons (Fsp3) is 0.417. The first kappa shape index (κ1) is 20.8. The average molecular weight is 326 g/mol. The van der Waals surface area contributed by atoms with E-state index in [9.17, 15) is 9.59 Å². The molecule has 6 nitrogen and oxygen atoms in total. The molecule has 0 aromatic carbocycles. The molecule has 114 valence electrons. The molecule has 0 aliphatic heterocycles. The first-order chi connectivity index (χ1) is 8.40. The minimum absolute atomic E-state index is 0. The minimum atomic E-state index is -1.29. The molecule has 0 spiro atoms. The maximum Gasteiger partial charge on any atom is 0.354 e. The van der Waals surface area contributed by atoms with E-state index >= 15 is 0 Å². The molecule has 0 radical (unpaired) electrons. The third-order valence-electron chi connectivity index (χ3n) is 2.20. The number of carboxylic acid groups (broad SMARTS) is 2. The van der Waals surface area contributed by atoms with E-state index in [4.69, 9.17) is 14.9 Å². The molecule has 0 unspecified atom stereocenters. The standard InChI is InChI=1S/C12H15NO5.2ClH/c1-7(2)3-4-18-8-5-9(11(14)15)13-10(6-8)12(16)17;;/h5-7H,3-4H2,1-2H3,(H,14,15)(H,16,17);2*1H. The number of aromatic carboxylic acids is 2. The third kappa shape index (κ3) is 6.58. The van der Waals surface area contributed by atoms with Gasteiger partial charge in [-0.25, -0.2) is 14.6 Å². The highest BCUT2D eigenvalue weighted by atomic mass is 35.5. The monoisotopic (exact) mass is 325 g/mol. The number of carbonyl (C=O) groups is 2. The molecule has 1 heterocycles. The number of halogens is 2. The Bertz CT molecular complexity index is 433. The van der Waals surface area contributed by atoms with Crippen molar-refractivity contribution < 1.29 is 24.5 Å². The molecule has 0 aliphatic carbocycles. The minimum Gasteiger partial charge on any atom is -0.493 e. The molecule has 1 aromatic rings. The molecule has 8 heteroatoms. The Morgan fingerprint density at radius 2 is 1.60 bits per heavy atom. The Hall–Kier alpha value is -1.53. The number of rotatable bonds is 6. The molecule has 0 aliphatic rings. The Morgan fingerprint density at radius 3 is 1.95 bits per heavy atom. The van der Waals surface area contributed by atoms with Crippen molar-refractivity contribution in [3.8, 4) is 5.75 Å². The molecule has 0 bridgehead atoms. The highest BCUT2D eigenvalue weighted by Gasteiger charge is 2.14. The van der Waals surface area contributed by atoms with Crippen molar-refractivity contribution in [2.75, 3.05) is 6.61 Å². The maximum atomic E-state index is 10.8. The van der Waals surface area contributed by atoms with E-state index in [-0.39, 0.29) is 42.0 Å². The molecule has 20 heavy (non-hydrogen) atoms. The number of aromatic nitrogens is 1. The van der Waals surface area contributed by atoms with Crippen LogP contribution in [-0.2, 0) is 0 Å². The smallest absolute Gasteiger partial charge is 0.354 e. The van der Waals surface area contributed by atoms with Crippen LogP contribution < -0.4 is 4.74 Å². The second-order valence-corrected chi connectivity index (χ2v) is 4.21. The number of hydrogen-bond donors (Lipinski definition) is 2. The van der Waals surface area contributed by atoms with Gasteiger partial charge in [0.05, 0.1) is 6.61 Å². The van der Waals surface area contributed by atoms with Crippen molar-refractivity contribution in [3.05, 3.63) is 23.5 Å². The molecule has 1 aromatic heterocycles. The second-order valence-electron chi connectivity index (χ2n) is 4.21. The lowest BCUT2D eigenvalue weighted by molar-refractivity contribution is 0.0683. The van der Waals surface area contributed by atoms with Crippen molar-refractivity contribution in [3.63, 3.8) is 0 Å². The van der Waals surface area contributed by atoms with Gasteiger partial charge in [-0.05, 0) is 12.3 Å². The number of hydrogen-bond acceptors (Lipinski definition) is 4. The van der Waals surface area contributed by atoms with E-state index in [0.717, 1.165) is 6.42 Å². The summed E-state index contributed by atoms with van der Waals surface area (Å²) >= 11 is 0. The van der Waals surface area contributed by atoms with Gasteiger partial charge in [0.25, 0.3) is 0 Å². The largest absolute Gasteiger partial charge is 0.493 e. The van der Waals surface area contributed by atoms with Gasteiger partial charge in [0.15, 0.2) is 11.4 Å². The normalized spacial score (nSPS) is 9.35. The number of nitrogens with zero attached hydrogens (tertiary/aromatic N) is 1. The predicted molar refractivity (Wildman–Crippen MR) is 77.6 cm³/mol. The van der Waals surface area contributed by atoms with Crippen LogP contribution >= 0.6 is 24.8 Å². The summed E-state index contributed by atoms with van der Waals surface area (Å²) in [4.78, 5) is 25.1. The molecule has 0 amide bonds. The van der Waals surface area contributed by atoms with Crippen molar-refractivity contribution >= 4 is 36.8 Å². The number of pyridine rings is 1. The van der Waals surface area contributed by atoms with Crippen molar-refractivity contribution in [1.82, 2.24) is 4.98 Å². The highest BCUT2D eigenvalue weighted by molar-refractivity contribution is 5.90. The van der Waals surface area contributed by atoms with Gasteiger partial charge in [0.1, 0.15) is 5.75 Å². The van der Waals surface area contributed by atoms with Gasteiger partial charge < -0.3 is 14.9 Å². The van der Waals surface area contributed by atoms with E-state index in [1.165, 1.54) is 12.1 Å². The molecule has 1 rings (SSSR count). The zero-order valence-corrected chi connectivity index (χ0v) is 12.7. The number of ether oxygens (including phenoxy) is 1. The summed E-state index contributed by atoms with van der Waals surface area (Å²) in [5, 5.41) is 17.6. The van der Waals surface area contributed by atoms with E-state index < -0.39 is 11.9 Å². The first-order valence-corrected chi connectivity index (χ1v) is 5.51. The van der Waals surface area contributed by atoms with E-state index in [0.29, 0.717) is 12.5 Å². The fourth-order valence-electron chi connectivity index (χ4n) is 1.22. The number of carboxylic acids is 2. The van der Waals surface area contributed by atoms with Gasteiger partial charge in [0.2, 0.25) is 0 Å². The van der Waals surface area contributed by atoms with Crippen LogP contribution in [-0.4, -0.2) is 33.7 Å². The van der Waals surface area contributed by atoms with Crippen LogP contribution in [0, 0.1) is 5.92 Å². The van der Waals surface area contributed by atoms with Crippen molar-refractivity contribution in [2.45, 2.75) is 20.3 Å². The van der Waals surface area contributed by atoms with Crippen LogP contribution in [0.25, 0.3) is 0 Å². The van der Waals surface area contributed by atoms with Crippen LogP contribution in [0.3, 0.4) is 0 Å². The first-order valence-electron chi connectivity index (χ1n) is 5.51. The summed E-state index contributed by atoms with van der Waals surface area (Å²) in [6.07, 6.45) is 0.799. The van der Waals surface area contributed by atoms with Gasteiger partial charge in [-0.15, -0.1) is 24.8 Å². The summed E-state index contributed by atoms with van der Waals surface area (Å²) in [6.45, 7) is 4.46. The summed E-state index contributed by atoms with van der Waals surface area (Å²) < 4.78 is 5.33. The fourth-order valence-corrected chi connectivity index (χ4v) is 1.22. The molecular formula is C12H17Cl2NO5. The molecule has 0 saturated carbocycles. The van der Waals surface area contributed by atoms with E-state index in [2.05, 4.69) is 4.98 Å². The SMILES string of the molecule is CC(C)CCOc1cc(C(=O)O)nc(C(=O)O)c1.Cl.Cl. The molecule has 0 saturated heterocycles. The molecule has 0 fully saturated rings. The summed E-state index contributed by atoms with van der Waals surface area (Å²) in [6, 6.07) is 2.43. The third-order valence-corrected chi connectivity index (χ3v) is 2.20. The van der Waals surface area contributed by atoms with Crippen LogP contribution in [0.1, 0.15) is 41.2 Å². The zero-order valence-electron chi connectivity index (χ0n) is 11.0. The zero-order chi connectivity index (χ0) is 13.7. The Kier molecular flexibility index (Phi) is 9.75. The van der Waals surface area contributed by atoms with E-state index in [1.807, 2.05) is 13.8 Å². The molecule has 2 N–H and O–H groups in total. The van der Waals surface area contributed by atoms with Crippen molar-refractivity contribution in [2.24, 2.45) is 5.92 Å².